The van der Waals surface area contributed by atoms with Crippen molar-refractivity contribution in [1.82, 2.24) is 5.32 Å². The van der Waals surface area contributed by atoms with E-state index in [9.17, 15) is 9.59 Å². The molecule has 1 saturated carbocycles. The van der Waals surface area contributed by atoms with Crippen LogP contribution >= 0.6 is 22.6 Å². The van der Waals surface area contributed by atoms with Crippen LogP contribution in [0.4, 0.5) is 10.5 Å². The van der Waals surface area contributed by atoms with E-state index in [2.05, 4.69) is 33.2 Å². The first-order valence-electron chi connectivity index (χ1n) is 7.08. The smallest absolute Gasteiger partial charge is 0.319 e. The van der Waals surface area contributed by atoms with Gasteiger partial charge in [-0.15, -0.1) is 0 Å². The number of urea groups is 1. The zero-order valence-corrected chi connectivity index (χ0v) is 13.8. The van der Waals surface area contributed by atoms with E-state index in [1.807, 2.05) is 24.3 Å². The third-order valence-electron chi connectivity index (χ3n) is 3.85. The Hall–Kier alpha value is -1.31. The topological polar surface area (TPSA) is 78.4 Å². The molecule has 1 aliphatic carbocycles. The number of nitrogens with one attached hydrogen (secondary N) is 2. The number of hydrogen-bond donors (Lipinski definition) is 3. The second-order valence-electron chi connectivity index (χ2n) is 5.40. The maximum absolute atomic E-state index is 11.8. The second kappa shape index (κ2) is 7.63. The molecule has 6 heteroatoms. The van der Waals surface area contributed by atoms with Crippen LogP contribution in [0.2, 0.25) is 0 Å². The van der Waals surface area contributed by atoms with Crippen LogP contribution in [0.5, 0.6) is 0 Å². The number of carboxylic acids is 1. The number of amides is 2. The van der Waals surface area contributed by atoms with E-state index in [0.717, 1.165) is 22.1 Å². The van der Waals surface area contributed by atoms with Gasteiger partial charge in [-0.1, -0.05) is 0 Å². The lowest BCUT2D eigenvalue weighted by molar-refractivity contribution is -0.143. The van der Waals surface area contributed by atoms with Gasteiger partial charge in [-0.2, -0.15) is 0 Å². The molecule has 0 aliphatic heterocycles. The number of halogens is 1. The molecule has 114 valence electrons. The summed E-state index contributed by atoms with van der Waals surface area (Å²) in [5.74, 6) is -0.525. The highest BCUT2D eigenvalue weighted by atomic mass is 127. The molecule has 0 radical (unpaired) electrons. The van der Waals surface area contributed by atoms with Crippen molar-refractivity contribution in [2.75, 3.05) is 11.9 Å². The van der Waals surface area contributed by atoms with Crippen LogP contribution in [0.1, 0.15) is 25.7 Å². The molecule has 5 nitrogen and oxygen atoms in total. The summed E-state index contributed by atoms with van der Waals surface area (Å²) in [4.78, 5) is 22.7. The van der Waals surface area contributed by atoms with Crippen molar-refractivity contribution in [3.63, 3.8) is 0 Å². The van der Waals surface area contributed by atoms with Crippen LogP contribution in [0.25, 0.3) is 0 Å². The number of carboxylic acid groups (broad SMARTS) is 1. The van der Waals surface area contributed by atoms with Gasteiger partial charge in [0.1, 0.15) is 0 Å². The first-order chi connectivity index (χ1) is 10.0. The van der Waals surface area contributed by atoms with E-state index in [4.69, 9.17) is 5.11 Å². The molecule has 1 fully saturated rings. The molecule has 0 bridgehead atoms. The van der Waals surface area contributed by atoms with Crippen LogP contribution in [-0.2, 0) is 4.79 Å². The standard InChI is InChI=1S/C15H19IN2O3/c16-12-5-7-13(8-6-12)18-15(21)17-9-10-1-3-11(4-2-10)14(19)20/h5-8,10-11H,1-4,9H2,(H,19,20)(H2,17,18,21). The van der Waals surface area contributed by atoms with Crippen LogP contribution < -0.4 is 10.6 Å². The summed E-state index contributed by atoms with van der Waals surface area (Å²) < 4.78 is 1.12. The molecule has 1 aliphatic rings. The van der Waals surface area contributed by atoms with Crippen molar-refractivity contribution >= 4 is 40.3 Å². The van der Waals surface area contributed by atoms with Crippen LogP contribution in [-0.4, -0.2) is 23.7 Å². The van der Waals surface area contributed by atoms with Gasteiger partial charge in [0.15, 0.2) is 0 Å². The molecule has 1 aromatic rings. The highest BCUT2D eigenvalue weighted by Crippen LogP contribution is 2.28. The Balaban J connectivity index is 1.70. The summed E-state index contributed by atoms with van der Waals surface area (Å²) in [6, 6.07) is 7.38. The van der Waals surface area contributed by atoms with Gasteiger partial charge < -0.3 is 15.7 Å². The van der Waals surface area contributed by atoms with Gasteiger partial charge in [0.05, 0.1) is 5.92 Å². The Kier molecular flexibility index (Phi) is 5.84. The Morgan fingerprint density at radius 2 is 1.76 bits per heavy atom. The van der Waals surface area contributed by atoms with Gasteiger partial charge in [0.25, 0.3) is 0 Å². The summed E-state index contributed by atoms with van der Waals surface area (Å²) in [6.45, 7) is 0.600. The predicted molar refractivity (Wildman–Crippen MR) is 89.3 cm³/mol. The molecule has 1 aromatic carbocycles. The average molecular weight is 402 g/mol. The van der Waals surface area contributed by atoms with E-state index in [1.165, 1.54) is 0 Å². The van der Waals surface area contributed by atoms with E-state index < -0.39 is 5.97 Å². The predicted octanol–water partition coefficient (Wildman–Crippen LogP) is 3.30. The summed E-state index contributed by atoms with van der Waals surface area (Å²) >= 11 is 2.21. The first kappa shape index (κ1) is 16.1. The lowest BCUT2D eigenvalue weighted by atomic mass is 9.82. The number of benzene rings is 1. The molecular formula is C15H19IN2O3. The molecule has 0 aromatic heterocycles. The van der Waals surface area contributed by atoms with Crippen molar-refractivity contribution < 1.29 is 14.7 Å². The lowest BCUT2D eigenvalue weighted by Gasteiger charge is -2.26. The highest BCUT2D eigenvalue weighted by molar-refractivity contribution is 14.1. The van der Waals surface area contributed by atoms with Crippen LogP contribution in [0, 0.1) is 15.4 Å². The maximum Gasteiger partial charge on any atom is 0.319 e. The molecule has 0 unspecified atom stereocenters. The molecule has 0 atom stereocenters. The largest absolute Gasteiger partial charge is 0.481 e. The lowest BCUT2D eigenvalue weighted by Crippen LogP contribution is -2.35. The number of carbonyl (C=O) groups excluding carboxylic acids is 1. The molecule has 0 saturated heterocycles. The first-order valence-corrected chi connectivity index (χ1v) is 8.15. The molecule has 21 heavy (non-hydrogen) atoms. The minimum absolute atomic E-state index is 0.207. The van der Waals surface area contributed by atoms with Gasteiger partial charge in [0, 0.05) is 15.8 Å². The number of carbonyl (C=O) groups is 2. The average Bonchev–Trinajstić information content (AvgIpc) is 2.48. The van der Waals surface area contributed by atoms with E-state index >= 15 is 0 Å². The van der Waals surface area contributed by atoms with Gasteiger partial charge >= 0.3 is 12.0 Å². The summed E-state index contributed by atoms with van der Waals surface area (Å²) in [7, 11) is 0. The minimum Gasteiger partial charge on any atom is -0.481 e. The Bertz CT molecular complexity index is 496. The van der Waals surface area contributed by atoms with Gasteiger partial charge in [-0.25, -0.2) is 4.79 Å². The van der Waals surface area contributed by atoms with Crippen molar-refractivity contribution in [2.45, 2.75) is 25.7 Å². The van der Waals surface area contributed by atoms with E-state index in [0.29, 0.717) is 25.3 Å². The zero-order chi connectivity index (χ0) is 15.2. The quantitative estimate of drug-likeness (QED) is 0.677. The van der Waals surface area contributed by atoms with Gasteiger partial charge in [-0.05, 0) is 78.5 Å². The van der Waals surface area contributed by atoms with E-state index in [-0.39, 0.29) is 11.9 Å². The van der Waals surface area contributed by atoms with Crippen molar-refractivity contribution in [1.29, 1.82) is 0 Å². The molecule has 2 rings (SSSR count). The zero-order valence-electron chi connectivity index (χ0n) is 11.6. The summed E-state index contributed by atoms with van der Waals surface area (Å²) in [6.07, 6.45) is 3.14. The normalized spacial score (nSPS) is 21.6. The minimum atomic E-state index is -0.696. The Morgan fingerprint density at radius 3 is 2.33 bits per heavy atom. The van der Waals surface area contributed by atoms with Crippen LogP contribution in [0.15, 0.2) is 24.3 Å². The number of hydrogen-bond acceptors (Lipinski definition) is 2. The monoisotopic (exact) mass is 402 g/mol. The Morgan fingerprint density at radius 1 is 1.14 bits per heavy atom. The number of anilines is 1. The van der Waals surface area contributed by atoms with Crippen molar-refractivity contribution in [3.8, 4) is 0 Å². The molecule has 3 N–H and O–H groups in total. The second-order valence-corrected chi connectivity index (χ2v) is 6.64. The third kappa shape index (κ3) is 5.18. The fraction of sp³-hybridized carbons (Fsp3) is 0.467. The van der Waals surface area contributed by atoms with E-state index in [1.54, 1.807) is 0 Å². The maximum atomic E-state index is 11.8. The fourth-order valence-corrected chi connectivity index (χ4v) is 2.92. The number of aliphatic carboxylic acids is 1. The van der Waals surface area contributed by atoms with Crippen molar-refractivity contribution in [3.05, 3.63) is 27.8 Å². The molecule has 2 amide bonds. The van der Waals surface area contributed by atoms with Gasteiger partial charge in [0.2, 0.25) is 0 Å². The third-order valence-corrected chi connectivity index (χ3v) is 4.57. The molecular weight excluding hydrogens is 383 g/mol. The SMILES string of the molecule is O=C(NCC1CCC(C(=O)O)CC1)Nc1ccc(I)cc1. The summed E-state index contributed by atoms with van der Waals surface area (Å²) in [5, 5.41) is 14.6. The molecule has 0 spiro atoms. The summed E-state index contributed by atoms with van der Waals surface area (Å²) in [5.41, 5.74) is 0.766. The van der Waals surface area contributed by atoms with Crippen LogP contribution in [0.3, 0.4) is 0 Å². The van der Waals surface area contributed by atoms with Gasteiger partial charge in [-0.3, -0.25) is 4.79 Å². The molecule has 0 heterocycles. The fourth-order valence-electron chi connectivity index (χ4n) is 2.56. The Labute approximate surface area is 137 Å². The number of rotatable bonds is 4. The van der Waals surface area contributed by atoms with Crippen molar-refractivity contribution in [2.24, 2.45) is 11.8 Å². The highest BCUT2D eigenvalue weighted by Gasteiger charge is 2.25.